The van der Waals surface area contributed by atoms with E-state index in [4.69, 9.17) is 0 Å². The van der Waals surface area contributed by atoms with Crippen LogP contribution in [0.3, 0.4) is 0 Å². The number of nitrogens with one attached hydrogen (secondary N) is 1. The van der Waals surface area contributed by atoms with Crippen molar-refractivity contribution in [3.63, 3.8) is 0 Å². The van der Waals surface area contributed by atoms with E-state index in [2.05, 4.69) is 22.2 Å². The van der Waals surface area contributed by atoms with Crippen LogP contribution >= 0.6 is 0 Å². The van der Waals surface area contributed by atoms with Crippen LogP contribution in [0.4, 0.5) is 0 Å². The lowest BCUT2D eigenvalue weighted by Crippen LogP contribution is -2.48. The molecule has 1 aliphatic carbocycles. The Morgan fingerprint density at radius 1 is 1.31 bits per heavy atom. The highest BCUT2D eigenvalue weighted by Crippen LogP contribution is 2.48. The normalized spacial score (nSPS) is 31.2. The topological polar surface area (TPSA) is 95.4 Å². The molecule has 1 aliphatic heterocycles. The number of aromatic nitrogens is 2. The van der Waals surface area contributed by atoms with Crippen molar-refractivity contribution in [3.05, 3.63) is 23.8 Å². The van der Waals surface area contributed by atoms with Crippen molar-refractivity contribution in [1.82, 2.24) is 20.2 Å². The third-order valence-electron chi connectivity index (χ3n) is 6.04. The fourth-order valence-electron chi connectivity index (χ4n) is 4.62. The molecule has 1 aromatic rings. The predicted octanol–water partition coefficient (Wildman–Crippen LogP) is 1.45. The lowest BCUT2D eigenvalue weighted by Gasteiger charge is -2.37. The number of aliphatic hydroxyl groups excluding tert-OH is 1. The Kier molecular flexibility index (Phi) is 5.27. The van der Waals surface area contributed by atoms with Gasteiger partial charge in [0.15, 0.2) is 0 Å². The van der Waals surface area contributed by atoms with Crippen LogP contribution in [0.15, 0.2) is 12.4 Å². The number of carbonyl (C=O) groups is 2. The lowest BCUT2D eigenvalue weighted by atomic mass is 9.75. The van der Waals surface area contributed by atoms with E-state index >= 15 is 0 Å². The van der Waals surface area contributed by atoms with Crippen LogP contribution in [0.1, 0.15) is 62.1 Å². The molecule has 26 heavy (non-hydrogen) atoms. The molecule has 0 aromatic carbocycles. The quantitative estimate of drug-likeness (QED) is 0.850. The smallest absolute Gasteiger partial charge is 0.254 e. The van der Waals surface area contributed by atoms with Gasteiger partial charge in [-0.3, -0.25) is 9.59 Å². The van der Waals surface area contributed by atoms with E-state index < -0.39 is 6.10 Å². The van der Waals surface area contributed by atoms with Crippen molar-refractivity contribution in [2.24, 2.45) is 5.41 Å². The summed E-state index contributed by atoms with van der Waals surface area (Å²) in [5, 5.41) is 13.6. The first-order chi connectivity index (χ1) is 12.3. The number of nitrogens with zero attached hydrogens (tertiary/aromatic N) is 3. The first kappa shape index (κ1) is 18.8. The monoisotopic (exact) mass is 360 g/mol. The van der Waals surface area contributed by atoms with Gasteiger partial charge in [-0.2, -0.15) is 0 Å². The van der Waals surface area contributed by atoms with Gasteiger partial charge in [0, 0.05) is 37.3 Å². The van der Waals surface area contributed by atoms with E-state index in [9.17, 15) is 14.7 Å². The molecular weight excluding hydrogens is 332 g/mol. The molecule has 1 aromatic heterocycles. The number of fused-ring (bicyclic) bond motifs is 1. The summed E-state index contributed by atoms with van der Waals surface area (Å²) < 4.78 is 0. The molecule has 1 saturated heterocycles. The molecule has 1 saturated carbocycles. The van der Waals surface area contributed by atoms with Gasteiger partial charge < -0.3 is 15.3 Å². The molecule has 2 amide bonds. The van der Waals surface area contributed by atoms with Gasteiger partial charge in [-0.05, 0) is 26.2 Å². The van der Waals surface area contributed by atoms with Crippen molar-refractivity contribution in [1.29, 1.82) is 0 Å². The van der Waals surface area contributed by atoms with Crippen LogP contribution in [0.25, 0.3) is 0 Å². The summed E-state index contributed by atoms with van der Waals surface area (Å²) in [6.45, 7) is 5.79. The minimum absolute atomic E-state index is 0.00532. The zero-order valence-corrected chi connectivity index (χ0v) is 15.7. The van der Waals surface area contributed by atoms with Gasteiger partial charge in [0.05, 0.1) is 17.7 Å². The summed E-state index contributed by atoms with van der Waals surface area (Å²) >= 11 is 0. The molecular formula is C19H28N4O3. The van der Waals surface area contributed by atoms with Crippen LogP contribution in [-0.4, -0.2) is 56.5 Å². The van der Waals surface area contributed by atoms with Crippen molar-refractivity contribution >= 4 is 11.8 Å². The molecule has 142 valence electrons. The molecule has 2 N–H and O–H groups in total. The Morgan fingerprint density at radius 3 is 2.62 bits per heavy atom. The summed E-state index contributed by atoms with van der Waals surface area (Å²) in [7, 11) is 0. The van der Waals surface area contributed by atoms with E-state index in [1.807, 2.05) is 4.90 Å². The van der Waals surface area contributed by atoms with Gasteiger partial charge in [-0.25, -0.2) is 9.97 Å². The van der Waals surface area contributed by atoms with Crippen molar-refractivity contribution in [3.8, 4) is 0 Å². The summed E-state index contributed by atoms with van der Waals surface area (Å²) in [5.41, 5.74) is 0.0910. The largest absolute Gasteiger partial charge is 0.392 e. The maximum atomic E-state index is 12.4. The molecule has 3 rings (SSSR count). The molecule has 2 heterocycles. The van der Waals surface area contributed by atoms with E-state index in [1.54, 1.807) is 13.8 Å². The molecule has 7 nitrogen and oxygen atoms in total. The fourth-order valence-corrected chi connectivity index (χ4v) is 4.62. The maximum absolute atomic E-state index is 12.4. The lowest BCUT2D eigenvalue weighted by molar-refractivity contribution is -0.133. The van der Waals surface area contributed by atoms with Crippen LogP contribution < -0.4 is 5.32 Å². The minimum Gasteiger partial charge on any atom is -0.392 e. The Balaban J connectivity index is 1.73. The van der Waals surface area contributed by atoms with Gasteiger partial charge in [0.2, 0.25) is 5.91 Å². The van der Waals surface area contributed by atoms with Crippen molar-refractivity contribution in [2.75, 3.05) is 6.54 Å². The number of hydrogen-bond donors (Lipinski definition) is 2. The van der Waals surface area contributed by atoms with Gasteiger partial charge in [0.25, 0.3) is 5.91 Å². The Labute approximate surface area is 154 Å². The van der Waals surface area contributed by atoms with Crippen molar-refractivity contribution < 1.29 is 14.7 Å². The molecule has 0 spiro atoms. The number of rotatable bonds is 3. The molecule has 0 unspecified atom stereocenters. The highest BCUT2D eigenvalue weighted by atomic mass is 16.3. The second kappa shape index (κ2) is 7.31. The molecule has 0 bridgehead atoms. The van der Waals surface area contributed by atoms with Gasteiger partial charge >= 0.3 is 0 Å². The number of hydrogen-bond acceptors (Lipinski definition) is 5. The number of amides is 2. The number of carbonyl (C=O) groups excluding carboxylic acids is 2. The number of aryl methyl sites for hydroxylation is 1. The highest BCUT2D eigenvalue weighted by molar-refractivity contribution is 5.93. The molecule has 7 heteroatoms. The average molecular weight is 360 g/mol. The van der Waals surface area contributed by atoms with E-state index in [-0.39, 0.29) is 29.3 Å². The Morgan fingerprint density at radius 2 is 1.96 bits per heavy atom. The maximum Gasteiger partial charge on any atom is 0.254 e. The number of likely N-dealkylation sites (tertiary alicyclic amines) is 1. The molecule has 2 aliphatic rings. The average Bonchev–Trinajstić information content (AvgIpc) is 2.82. The third kappa shape index (κ3) is 3.45. The van der Waals surface area contributed by atoms with Crippen LogP contribution in [0, 0.1) is 12.3 Å². The molecule has 2 fully saturated rings. The third-order valence-corrected chi connectivity index (χ3v) is 6.04. The summed E-state index contributed by atoms with van der Waals surface area (Å²) in [5.74, 6) is 0.374. The first-order valence-corrected chi connectivity index (χ1v) is 9.36. The van der Waals surface area contributed by atoms with Gasteiger partial charge in [0.1, 0.15) is 5.82 Å². The Hall–Kier alpha value is -2.02. The zero-order chi connectivity index (χ0) is 18.9. The fraction of sp³-hybridized carbons (Fsp3) is 0.684. The van der Waals surface area contributed by atoms with E-state index in [1.165, 1.54) is 12.4 Å². The predicted molar refractivity (Wildman–Crippen MR) is 96.4 cm³/mol. The minimum atomic E-state index is -0.414. The number of aliphatic hydroxyl groups is 1. The summed E-state index contributed by atoms with van der Waals surface area (Å²) in [4.78, 5) is 34.7. The Bertz CT molecular complexity index is 678. The van der Waals surface area contributed by atoms with Crippen LogP contribution in [0.2, 0.25) is 0 Å². The molecule has 4 atom stereocenters. The summed E-state index contributed by atoms with van der Waals surface area (Å²) in [6, 6.07) is -0.0762. The molecule has 0 radical (unpaired) electrons. The highest BCUT2D eigenvalue weighted by Gasteiger charge is 2.54. The van der Waals surface area contributed by atoms with E-state index in [0.29, 0.717) is 24.4 Å². The standard InChI is InChI=1S/C19H28N4O3/c1-12-20-9-14(10-21-12)18(26)22-11-15-8-19(3)16(23(15)13(2)24)6-4-5-7-17(19)25/h9-10,15-17,25H,4-8,11H2,1-3H3,(H,22,26)/t15-,16-,17+,19-/m1/s1. The first-order valence-electron chi connectivity index (χ1n) is 9.36. The van der Waals surface area contributed by atoms with Crippen LogP contribution in [0.5, 0.6) is 0 Å². The van der Waals surface area contributed by atoms with Crippen molar-refractivity contribution in [2.45, 2.75) is 71.1 Å². The second-order valence-corrected chi connectivity index (χ2v) is 7.84. The van der Waals surface area contributed by atoms with Gasteiger partial charge in [-0.15, -0.1) is 0 Å². The van der Waals surface area contributed by atoms with E-state index in [0.717, 1.165) is 25.7 Å². The zero-order valence-electron chi connectivity index (χ0n) is 15.7. The SMILES string of the molecule is CC(=O)N1[C@@H](CNC(=O)c2cnc(C)nc2)C[C@@]2(C)[C@@H](O)CCCC[C@@H]12. The van der Waals surface area contributed by atoms with Gasteiger partial charge in [-0.1, -0.05) is 19.8 Å². The summed E-state index contributed by atoms with van der Waals surface area (Å²) in [6.07, 6.45) is 6.98. The van der Waals surface area contributed by atoms with Crippen LogP contribution in [-0.2, 0) is 4.79 Å². The second-order valence-electron chi connectivity index (χ2n) is 7.84.